The topological polar surface area (TPSA) is 66.8 Å². The fourth-order valence-corrected chi connectivity index (χ4v) is 2.81. The van der Waals surface area contributed by atoms with Crippen molar-refractivity contribution in [2.75, 3.05) is 6.54 Å². The quantitative estimate of drug-likeness (QED) is 0.779. The highest BCUT2D eigenvalue weighted by Gasteiger charge is 2.59. The average molecular weight is 255 g/mol. The number of carboxylic acids is 1. The molecule has 2 aliphatic rings. The SMILES string of the molecule is CC(C)(C)OC(=O)N1CCCC[C@H]2[C@H](C(=O)O)[C@H]21. The summed E-state index contributed by atoms with van der Waals surface area (Å²) < 4.78 is 5.35. The number of hydrogen-bond acceptors (Lipinski definition) is 3. The minimum atomic E-state index is -0.791. The van der Waals surface area contributed by atoms with Gasteiger partial charge in [0, 0.05) is 6.54 Å². The molecular weight excluding hydrogens is 234 g/mol. The summed E-state index contributed by atoms with van der Waals surface area (Å²) in [6, 6.07) is -0.153. The lowest BCUT2D eigenvalue weighted by Gasteiger charge is -2.27. The summed E-state index contributed by atoms with van der Waals surface area (Å²) in [6.45, 7) is 6.07. The van der Waals surface area contributed by atoms with Crippen LogP contribution < -0.4 is 0 Å². The zero-order valence-electron chi connectivity index (χ0n) is 11.2. The Kier molecular flexibility index (Phi) is 3.25. The van der Waals surface area contributed by atoms with Crippen LogP contribution in [0.3, 0.4) is 0 Å². The molecule has 3 atom stereocenters. The summed E-state index contributed by atoms with van der Waals surface area (Å²) in [5.41, 5.74) is -0.535. The normalized spacial score (nSPS) is 31.3. The van der Waals surface area contributed by atoms with Gasteiger partial charge in [-0.2, -0.15) is 0 Å². The molecule has 1 heterocycles. The maximum atomic E-state index is 12.1. The Morgan fingerprint density at radius 2 is 1.94 bits per heavy atom. The Balaban J connectivity index is 2.06. The van der Waals surface area contributed by atoms with E-state index < -0.39 is 17.5 Å². The molecule has 1 N–H and O–H groups in total. The lowest BCUT2D eigenvalue weighted by molar-refractivity contribution is -0.139. The van der Waals surface area contributed by atoms with Gasteiger partial charge in [-0.25, -0.2) is 4.79 Å². The molecule has 5 heteroatoms. The molecule has 0 bridgehead atoms. The Labute approximate surface area is 107 Å². The highest BCUT2D eigenvalue weighted by Crippen LogP contribution is 2.48. The maximum absolute atomic E-state index is 12.1. The molecule has 0 aromatic carbocycles. The molecule has 0 unspecified atom stereocenters. The predicted octanol–water partition coefficient (Wildman–Crippen LogP) is 2.11. The van der Waals surface area contributed by atoms with Crippen molar-refractivity contribution in [1.82, 2.24) is 4.90 Å². The van der Waals surface area contributed by atoms with Gasteiger partial charge in [0.25, 0.3) is 0 Å². The summed E-state index contributed by atoms with van der Waals surface area (Å²) in [5, 5.41) is 9.13. The molecule has 18 heavy (non-hydrogen) atoms. The lowest BCUT2D eigenvalue weighted by Crippen LogP contribution is -2.40. The first-order valence-electron chi connectivity index (χ1n) is 6.54. The second-order valence-corrected chi connectivity index (χ2v) is 6.19. The van der Waals surface area contributed by atoms with Crippen LogP contribution in [0.1, 0.15) is 40.0 Å². The number of ether oxygens (including phenoxy) is 1. The number of likely N-dealkylation sites (tertiary alicyclic amines) is 1. The molecule has 1 saturated carbocycles. The number of carbonyl (C=O) groups is 2. The Hall–Kier alpha value is -1.26. The Morgan fingerprint density at radius 3 is 2.50 bits per heavy atom. The molecular formula is C13H21NO4. The van der Waals surface area contributed by atoms with Gasteiger partial charge in [-0.3, -0.25) is 4.79 Å². The monoisotopic (exact) mass is 255 g/mol. The zero-order valence-corrected chi connectivity index (χ0v) is 11.2. The van der Waals surface area contributed by atoms with Crippen LogP contribution in [0.2, 0.25) is 0 Å². The summed E-state index contributed by atoms with van der Waals surface area (Å²) in [7, 11) is 0. The number of carbonyl (C=O) groups excluding carboxylic acids is 1. The molecule has 0 aromatic heterocycles. The smallest absolute Gasteiger partial charge is 0.410 e. The largest absolute Gasteiger partial charge is 0.481 e. The van der Waals surface area contributed by atoms with E-state index in [-0.39, 0.29) is 18.1 Å². The van der Waals surface area contributed by atoms with E-state index in [9.17, 15) is 9.59 Å². The van der Waals surface area contributed by atoms with Crippen LogP contribution >= 0.6 is 0 Å². The lowest BCUT2D eigenvalue weighted by atomic mass is 10.1. The molecule has 1 aliphatic heterocycles. The first-order valence-corrected chi connectivity index (χ1v) is 6.54. The van der Waals surface area contributed by atoms with Gasteiger partial charge < -0.3 is 14.7 Å². The molecule has 0 aromatic rings. The second-order valence-electron chi connectivity index (χ2n) is 6.19. The number of rotatable bonds is 1. The molecule has 5 nitrogen and oxygen atoms in total. The van der Waals surface area contributed by atoms with E-state index in [0.29, 0.717) is 6.54 Å². The Bertz CT molecular complexity index is 360. The molecule has 2 rings (SSSR count). The second kappa shape index (κ2) is 4.44. The van der Waals surface area contributed by atoms with E-state index in [1.807, 2.05) is 20.8 Å². The van der Waals surface area contributed by atoms with E-state index in [0.717, 1.165) is 19.3 Å². The van der Waals surface area contributed by atoms with Crippen molar-refractivity contribution in [3.8, 4) is 0 Å². The number of amides is 1. The third kappa shape index (κ3) is 2.60. The number of nitrogens with zero attached hydrogens (tertiary/aromatic N) is 1. The van der Waals surface area contributed by atoms with Crippen LogP contribution in [-0.2, 0) is 9.53 Å². The van der Waals surface area contributed by atoms with Crippen molar-refractivity contribution in [3.05, 3.63) is 0 Å². The van der Waals surface area contributed by atoms with Crippen molar-refractivity contribution in [1.29, 1.82) is 0 Å². The van der Waals surface area contributed by atoms with Crippen LogP contribution in [0, 0.1) is 11.8 Å². The highest BCUT2D eigenvalue weighted by atomic mass is 16.6. The van der Waals surface area contributed by atoms with E-state index in [1.165, 1.54) is 0 Å². The molecule has 1 aliphatic carbocycles. The molecule has 1 saturated heterocycles. The number of fused-ring (bicyclic) bond motifs is 1. The minimum Gasteiger partial charge on any atom is -0.481 e. The van der Waals surface area contributed by atoms with Crippen molar-refractivity contribution >= 4 is 12.1 Å². The van der Waals surface area contributed by atoms with Crippen molar-refractivity contribution < 1.29 is 19.4 Å². The van der Waals surface area contributed by atoms with Crippen LogP contribution in [0.5, 0.6) is 0 Å². The molecule has 1 amide bonds. The van der Waals surface area contributed by atoms with Crippen LogP contribution in [0.4, 0.5) is 4.79 Å². The number of hydrogen-bond donors (Lipinski definition) is 1. The van der Waals surface area contributed by atoms with Crippen molar-refractivity contribution in [3.63, 3.8) is 0 Å². The molecule has 0 radical (unpaired) electrons. The molecule has 0 spiro atoms. The Morgan fingerprint density at radius 1 is 1.28 bits per heavy atom. The van der Waals surface area contributed by atoms with Crippen LogP contribution in [0.25, 0.3) is 0 Å². The van der Waals surface area contributed by atoms with Crippen LogP contribution in [-0.4, -0.2) is 40.3 Å². The van der Waals surface area contributed by atoms with E-state index in [2.05, 4.69) is 0 Å². The third-order valence-electron chi connectivity index (χ3n) is 3.59. The maximum Gasteiger partial charge on any atom is 0.410 e. The summed E-state index contributed by atoms with van der Waals surface area (Å²) in [4.78, 5) is 24.8. The summed E-state index contributed by atoms with van der Waals surface area (Å²) in [6.07, 6.45) is 2.45. The first kappa shape index (κ1) is 13.2. The van der Waals surface area contributed by atoms with Crippen molar-refractivity contribution in [2.24, 2.45) is 11.8 Å². The summed E-state index contributed by atoms with van der Waals surface area (Å²) in [5.74, 6) is -1.06. The zero-order chi connectivity index (χ0) is 13.5. The minimum absolute atomic E-state index is 0.123. The standard InChI is InChI=1S/C13H21NO4/c1-13(2,3)18-12(17)14-7-5-4-6-8-9(10(8)14)11(15)16/h8-10H,4-7H2,1-3H3,(H,15,16)/t8-,9-,10-/m0/s1. The van der Waals surface area contributed by atoms with Gasteiger partial charge in [0.1, 0.15) is 5.60 Å². The van der Waals surface area contributed by atoms with Crippen molar-refractivity contribution in [2.45, 2.75) is 51.7 Å². The van der Waals surface area contributed by atoms with E-state index in [1.54, 1.807) is 4.90 Å². The van der Waals surface area contributed by atoms with Gasteiger partial charge in [0.05, 0.1) is 12.0 Å². The van der Waals surface area contributed by atoms with Gasteiger partial charge in [0.2, 0.25) is 0 Å². The fraction of sp³-hybridized carbons (Fsp3) is 0.846. The van der Waals surface area contributed by atoms with Gasteiger partial charge in [-0.05, 0) is 39.5 Å². The average Bonchev–Trinajstić information content (AvgIpc) is 2.87. The van der Waals surface area contributed by atoms with Gasteiger partial charge in [0.15, 0.2) is 0 Å². The highest BCUT2D eigenvalue weighted by molar-refractivity contribution is 5.78. The summed E-state index contributed by atoms with van der Waals surface area (Å²) >= 11 is 0. The fourth-order valence-electron chi connectivity index (χ4n) is 2.81. The van der Waals surface area contributed by atoms with Gasteiger partial charge in [-0.1, -0.05) is 6.42 Å². The number of carboxylic acid groups (broad SMARTS) is 1. The molecule has 2 fully saturated rings. The first-order chi connectivity index (χ1) is 8.31. The van der Waals surface area contributed by atoms with Gasteiger partial charge in [-0.15, -0.1) is 0 Å². The third-order valence-corrected chi connectivity index (χ3v) is 3.59. The molecule has 102 valence electrons. The van der Waals surface area contributed by atoms with E-state index in [4.69, 9.17) is 9.84 Å². The van der Waals surface area contributed by atoms with Gasteiger partial charge >= 0.3 is 12.1 Å². The predicted molar refractivity (Wildman–Crippen MR) is 65.2 cm³/mol. The van der Waals surface area contributed by atoms with Crippen LogP contribution in [0.15, 0.2) is 0 Å². The number of aliphatic carboxylic acids is 1. The van der Waals surface area contributed by atoms with E-state index >= 15 is 0 Å².